The van der Waals surface area contributed by atoms with Crippen LogP contribution in [0, 0.1) is 0 Å². The Hall–Kier alpha value is -1.43. The van der Waals surface area contributed by atoms with E-state index in [1.165, 1.54) is 18.9 Å². The SMILES string of the molecule is CC(C)(C)O.CCOCC(=O)C[C-]=O.CCOCC(=O)C[C-]=O.CCOCC(=O)C[C-]=O.[Ti+3]. The third-order valence-corrected chi connectivity index (χ3v) is 2.21. The second kappa shape index (κ2) is 32.8. The van der Waals surface area contributed by atoms with Gasteiger partial charge in [-0.05, 0) is 41.5 Å². The van der Waals surface area contributed by atoms with E-state index >= 15 is 0 Å². The Morgan fingerprint density at radius 1 is 0.636 bits per heavy atom. The van der Waals surface area contributed by atoms with E-state index < -0.39 is 5.60 Å². The van der Waals surface area contributed by atoms with Crippen molar-refractivity contribution in [2.75, 3.05) is 39.6 Å². The van der Waals surface area contributed by atoms with Gasteiger partial charge in [0.1, 0.15) is 37.2 Å². The fourth-order valence-electron chi connectivity index (χ4n) is 1.04. The van der Waals surface area contributed by atoms with Crippen LogP contribution in [0.4, 0.5) is 0 Å². The minimum atomic E-state index is -0.500. The maximum Gasteiger partial charge on any atom is 3.00 e. The molecule has 0 saturated heterocycles. The van der Waals surface area contributed by atoms with Crippen molar-refractivity contribution in [2.24, 2.45) is 0 Å². The molecule has 189 valence electrons. The van der Waals surface area contributed by atoms with E-state index in [1.807, 2.05) is 0 Å². The van der Waals surface area contributed by atoms with Gasteiger partial charge in [0, 0.05) is 19.8 Å². The molecule has 0 amide bonds. The fourth-order valence-corrected chi connectivity index (χ4v) is 1.04. The first-order valence-electron chi connectivity index (χ1n) is 9.98. The second-order valence-electron chi connectivity index (χ2n) is 6.66. The minimum absolute atomic E-state index is 0. The van der Waals surface area contributed by atoms with E-state index in [1.54, 1.807) is 41.5 Å². The molecular formula is C22H37O10Ti. The normalized spacial score (nSPS) is 9.18. The predicted molar refractivity (Wildman–Crippen MR) is 117 cm³/mol. The van der Waals surface area contributed by atoms with Crippen molar-refractivity contribution in [3.8, 4) is 0 Å². The number of Topliss-reactive ketones (excluding diaryl/α,β-unsaturated/α-hetero) is 3. The van der Waals surface area contributed by atoms with Gasteiger partial charge in [0.15, 0.2) is 0 Å². The van der Waals surface area contributed by atoms with E-state index in [0.29, 0.717) is 19.8 Å². The molecule has 11 heteroatoms. The molecule has 0 atom stereocenters. The zero-order valence-corrected chi connectivity index (χ0v) is 22.0. The molecule has 0 aromatic rings. The molecule has 0 rings (SSSR count). The molecule has 0 aliphatic heterocycles. The summed E-state index contributed by atoms with van der Waals surface area (Å²) in [5, 5.41) is 8.52. The van der Waals surface area contributed by atoms with Gasteiger partial charge in [-0.2, -0.15) is 0 Å². The summed E-state index contributed by atoms with van der Waals surface area (Å²) in [6.45, 7) is 12.2. The van der Waals surface area contributed by atoms with Crippen molar-refractivity contribution in [3.63, 3.8) is 0 Å². The maximum absolute atomic E-state index is 10.4. The number of aliphatic hydroxyl groups is 1. The molecule has 0 aromatic heterocycles. The Morgan fingerprint density at radius 3 is 0.939 bits per heavy atom. The van der Waals surface area contributed by atoms with E-state index in [-0.39, 0.29) is 78.2 Å². The first-order chi connectivity index (χ1) is 14.9. The van der Waals surface area contributed by atoms with E-state index in [2.05, 4.69) is 0 Å². The van der Waals surface area contributed by atoms with Gasteiger partial charge in [-0.3, -0.25) is 33.2 Å². The van der Waals surface area contributed by atoms with Crippen LogP contribution in [0.15, 0.2) is 0 Å². The Kier molecular flexibility index (Phi) is 41.5. The van der Waals surface area contributed by atoms with Crippen molar-refractivity contribution in [1.29, 1.82) is 0 Å². The van der Waals surface area contributed by atoms with Gasteiger partial charge >= 0.3 is 21.7 Å². The average Bonchev–Trinajstić information content (AvgIpc) is 2.69. The van der Waals surface area contributed by atoms with Crippen molar-refractivity contribution < 1.29 is 69.8 Å². The first kappa shape index (κ1) is 41.8. The molecule has 0 fully saturated rings. The zero-order valence-electron chi connectivity index (χ0n) is 20.5. The van der Waals surface area contributed by atoms with Gasteiger partial charge in [-0.15, -0.1) is 0 Å². The number of ketones is 3. The molecule has 0 aromatic carbocycles. The van der Waals surface area contributed by atoms with Crippen molar-refractivity contribution in [2.45, 2.75) is 66.4 Å². The van der Waals surface area contributed by atoms with Crippen LogP contribution >= 0.6 is 0 Å². The molecule has 0 saturated carbocycles. The van der Waals surface area contributed by atoms with Gasteiger partial charge in [0.05, 0.1) is 5.60 Å². The van der Waals surface area contributed by atoms with Gasteiger partial charge in [-0.25, -0.2) is 0 Å². The van der Waals surface area contributed by atoms with E-state index in [9.17, 15) is 28.8 Å². The summed E-state index contributed by atoms with van der Waals surface area (Å²) >= 11 is 0. The number of rotatable bonds is 15. The zero-order chi connectivity index (χ0) is 25.8. The topological polar surface area (TPSA) is 150 Å². The summed E-state index contributed by atoms with van der Waals surface area (Å²) in [7, 11) is 0. The minimum Gasteiger partial charge on any atom is -0.541 e. The summed E-state index contributed by atoms with van der Waals surface area (Å²) in [6.07, 6.45) is 4.03. The van der Waals surface area contributed by atoms with Crippen LogP contribution < -0.4 is 0 Å². The maximum atomic E-state index is 10.4. The Bertz CT molecular complexity index is 434. The van der Waals surface area contributed by atoms with Crippen molar-refractivity contribution >= 4 is 36.2 Å². The van der Waals surface area contributed by atoms with Crippen LogP contribution in [0.2, 0.25) is 0 Å². The number of carbonyl (C=O) groups excluding carboxylic acids is 6. The molecule has 10 nitrogen and oxygen atoms in total. The molecular weight excluding hydrogens is 472 g/mol. The third-order valence-electron chi connectivity index (χ3n) is 2.21. The molecule has 0 unspecified atom stereocenters. The molecule has 0 bridgehead atoms. The van der Waals surface area contributed by atoms with Crippen molar-refractivity contribution in [3.05, 3.63) is 0 Å². The van der Waals surface area contributed by atoms with E-state index in [0.717, 1.165) is 0 Å². The fraction of sp³-hybridized carbons (Fsp3) is 0.727. The van der Waals surface area contributed by atoms with Crippen LogP contribution in [0.5, 0.6) is 0 Å². The van der Waals surface area contributed by atoms with Crippen molar-refractivity contribution in [1.82, 2.24) is 0 Å². The molecule has 0 aliphatic rings. The van der Waals surface area contributed by atoms with Crippen LogP contribution in [0.25, 0.3) is 0 Å². The van der Waals surface area contributed by atoms with Crippen LogP contribution in [-0.4, -0.2) is 86.6 Å². The van der Waals surface area contributed by atoms with Gasteiger partial charge in [0.2, 0.25) is 0 Å². The smallest absolute Gasteiger partial charge is 0.541 e. The van der Waals surface area contributed by atoms with Gasteiger partial charge in [-0.1, -0.05) is 19.3 Å². The monoisotopic (exact) mass is 509 g/mol. The van der Waals surface area contributed by atoms with Crippen LogP contribution in [0.1, 0.15) is 60.8 Å². The third kappa shape index (κ3) is 65.2. The predicted octanol–water partition coefficient (Wildman–Crippen LogP) is 1.05. The largest absolute Gasteiger partial charge is 3.00 e. The summed E-state index contributed by atoms with van der Waals surface area (Å²) in [4.78, 5) is 60.0. The number of ether oxygens (including phenoxy) is 3. The molecule has 0 heterocycles. The molecule has 1 N–H and O–H groups in total. The molecule has 0 aliphatic carbocycles. The summed E-state index contributed by atoms with van der Waals surface area (Å²) in [5.41, 5.74) is -0.500. The van der Waals surface area contributed by atoms with Crippen LogP contribution in [0.3, 0.4) is 0 Å². The quantitative estimate of drug-likeness (QED) is 0.193. The Balaban J connectivity index is -0.000000107. The first-order valence-corrected chi connectivity index (χ1v) is 9.98. The average molecular weight is 509 g/mol. The van der Waals surface area contributed by atoms with Gasteiger partial charge in [0.25, 0.3) is 0 Å². The number of carbonyl (C=O) groups is 3. The standard InChI is InChI=1S/3C6H9O3.C4H10O.Ti/c3*1-2-9-5-6(8)3-4-7;1-4(2,3)5;/h3*2-3,5H2,1H3;5H,1-3H3;/q3*-1;;+3. The van der Waals surface area contributed by atoms with Crippen LogP contribution in [-0.2, 0) is 64.7 Å². The summed E-state index contributed by atoms with van der Waals surface area (Å²) in [5.74, 6) is -0.648. The number of hydrogen-bond donors (Lipinski definition) is 1. The van der Waals surface area contributed by atoms with Gasteiger partial charge < -0.3 is 33.7 Å². The number of hydrogen-bond acceptors (Lipinski definition) is 10. The summed E-state index contributed by atoms with van der Waals surface area (Å²) < 4.78 is 14.2. The summed E-state index contributed by atoms with van der Waals surface area (Å²) in [6, 6.07) is 0. The van der Waals surface area contributed by atoms with E-state index in [4.69, 9.17) is 19.3 Å². The second-order valence-corrected chi connectivity index (χ2v) is 6.66. The Morgan fingerprint density at radius 2 is 0.818 bits per heavy atom. The Labute approximate surface area is 212 Å². The molecule has 1 radical (unpaired) electrons. The molecule has 0 spiro atoms. The molecule has 33 heavy (non-hydrogen) atoms.